The summed E-state index contributed by atoms with van der Waals surface area (Å²) in [5.74, 6) is -0.770. The first-order chi connectivity index (χ1) is 12.0. The summed E-state index contributed by atoms with van der Waals surface area (Å²) < 4.78 is 16.1. The number of hydrogen-bond donors (Lipinski definition) is 1. The van der Waals surface area contributed by atoms with Gasteiger partial charge in [0.1, 0.15) is 18.0 Å². The van der Waals surface area contributed by atoms with E-state index in [2.05, 4.69) is 15.1 Å². The van der Waals surface area contributed by atoms with Crippen molar-refractivity contribution in [1.29, 1.82) is 0 Å². The van der Waals surface area contributed by atoms with Gasteiger partial charge in [0.25, 0.3) is 0 Å². The highest BCUT2D eigenvalue weighted by atomic mass is 19.1. The lowest BCUT2D eigenvalue weighted by Gasteiger charge is -2.19. The molecule has 25 heavy (non-hydrogen) atoms. The third-order valence-electron chi connectivity index (χ3n) is 4.73. The number of halogens is 1. The molecule has 0 saturated carbocycles. The highest BCUT2D eigenvalue weighted by molar-refractivity contribution is 5.90. The van der Waals surface area contributed by atoms with Crippen LogP contribution in [-0.2, 0) is 11.8 Å². The van der Waals surface area contributed by atoms with Crippen LogP contribution in [0.25, 0.3) is 10.9 Å². The van der Waals surface area contributed by atoms with E-state index in [1.165, 1.54) is 12.4 Å². The molecule has 0 unspecified atom stereocenters. The first-order valence-electron chi connectivity index (χ1n) is 7.96. The number of nitrogens with two attached hydrogens (primary N) is 1. The fourth-order valence-electron chi connectivity index (χ4n) is 3.53. The Kier molecular flexibility index (Phi) is 3.60. The van der Waals surface area contributed by atoms with Crippen LogP contribution >= 0.6 is 0 Å². The number of primary amides is 1. The van der Waals surface area contributed by atoms with Gasteiger partial charge in [-0.2, -0.15) is 5.10 Å². The SMILES string of the molecule is Cn1cc([C@H]2CN(c3ncnc4cccc(F)c34)C[C@@H]2C(N)=O)cn1. The van der Waals surface area contributed by atoms with Crippen LogP contribution in [-0.4, -0.2) is 38.7 Å². The topological polar surface area (TPSA) is 89.9 Å². The van der Waals surface area contributed by atoms with Crippen molar-refractivity contribution in [2.45, 2.75) is 5.92 Å². The average molecular weight is 340 g/mol. The zero-order valence-corrected chi connectivity index (χ0v) is 13.6. The van der Waals surface area contributed by atoms with Crippen LogP contribution in [0.15, 0.2) is 36.9 Å². The minimum atomic E-state index is -0.388. The number of hydrogen-bond acceptors (Lipinski definition) is 5. The first-order valence-corrected chi connectivity index (χ1v) is 7.96. The van der Waals surface area contributed by atoms with Crippen LogP contribution in [0, 0.1) is 11.7 Å². The van der Waals surface area contributed by atoms with Crippen molar-refractivity contribution in [1.82, 2.24) is 19.7 Å². The van der Waals surface area contributed by atoms with Gasteiger partial charge in [0.2, 0.25) is 5.91 Å². The molecule has 3 aromatic rings. The van der Waals surface area contributed by atoms with E-state index in [1.807, 2.05) is 18.1 Å². The van der Waals surface area contributed by atoms with Gasteiger partial charge >= 0.3 is 0 Å². The van der Waals surface area contributed by atoms with Crippen LogP contribution in [0.5, 0.6) is 0 Å². The fraction of sp³-hybridized carbons (Fsp3) is 0.294. The third kappa shape index (κ3) is 2.59. The molecule has 7 nitrogen and oxygen atoms in total. The number of benzene rings is 1. The molecule has 2 atom stereocenters. The van der Waals surface area contributed by atoms with Gasteiger partial charge in [0, 0.05) is 32.3 Å². The number of rotatable bonds is 3. The van der Waals surface area contributed by atoms with Gasteiger partial charge in [-0.15, -0.1) is 0 Å². The molecule has 1 fully saturated rings. The van der Waals surface area contributed by atoms with Gasteiger partial charge < -0.3 is 10.6 Å². The number of carbonyl (C=O) groups excluding carboxylic acids is 1. The summed E-state index contributed by atoms with van der Waals surface area (Å²) in [5.41, 5.74) is 7.09. The Morgan fingerprint density at radius 3 is 2.88 bits per heavy atom. The standard InChI is InChI=1S/C17H17FN6O/c1-23-6-10(5-22-23)11-7-24(8-12(11)16(19)25)17-15-13(18)3-2-4-14(15)20-9-21-17/h2-6,9,11-12H,7-8H2,1H3,(H2,19,25)/t11-,12+/m1/s1. The molecular formula is C17H17FN6O. The van der Waals surface area contributed by atoms with E-state index in [-0.39, 0.29) is 23.6 Å². The normalized spacial score (nSPS) is 20.3. The summed E-state index contributed by atoms with van der Waals surface area (Å²) in [6.45, 7) is 0.898. The van der Waals surface area contributed by atoms with Crippen molar-refractivity contribution < 1.29 is 9.18 Å². The van der Waals surface area contributed by atoms with Crippen LogP contribution < -0.4 is 10.6 Å². The molecule has 4 rings (SSSR count). The Hall–Kier alpha value is -3.03. The monoisotopic (exact) mass is 340 g/mol. The minimum absolute atomic E-state index is 0.108. The van der Waals surface area contributed by atoms with Crippen molar-refractivity contribution in [3.8, 4) is 0 Å². The van der Waals surface area contributed by atoms with Gasteiger partial charge in [0.15, 0.2) is 0 Å². The third-order valence-corrected chi connectivity index (χ3v) is 4.73. The molecule has 1 saturated heterocycles. The van der Waals surface area contributed by atoms with Gasteiger partial charge in [-0.05, 0) is 17.7 Å². The number of amides is 1. The molecule has 1 aromatic carbocycles. The number of aromatic nitrogens is 4. The summed E-state index contributed by atoms with van der Waals surface area (Å²) in [6.07, 6.45) is 5.03. The van der Waals surface area contributed by atoms with Crippen LogP contribution in [0.3, 0.4) is 0 Å². The number of fused-ring (bicyclic) bond motifs is 1. The van der Waals surface area contributed by atoms with Crippen LogP contribution in [0.2, 0.25) is 0 Å². The van der Waals surface area contributed by atoms with E-state index < -0.39 is 0 Å². The van der Waals surface area contributed by atoms with Crippen molar-refractivity contribution in [2.24, 2.45) is 18.7 Å². The van der Waals surface area contributed by atoms with E-state index in [0.717, 1.165) is 5.56 Å². The molecule has 0 aliphatic carbocycles. The largest absolute Gasteiger partial charge is 0.369 e. The summed E-state index contributed by atoms with van der Waals surface area (Å²) in [5, 5.41) is 4.54. The Balaban J connectivity index is 1.76. The summed E-state index contributed by atoms with van der Waals surface area (Å²) >= 11 is 0. The minimum Gasteiger partial charge on any atom is -0.369 e. The zero-order chi connectivity index (χ0) is 17.6. The second-order valence-corrected chi connectivity index (χ2v) is 6.30. The first kappa shape index (κ1) is 15.5. The zero-order valence-electron chi connectivity index (χ0n) is 13.6. The van der Waals surface area contributed by atoms with Gasteiger partial charge in [0.05, 0.1) is 23.0 Å². The molecule has 2 aromatic heterocycles. The van der Waals surface area contributed by atoms with Crippen LogP contribution in [0.4, 0.5) is 10.2 Å². The molecule has 3 heterocycles. The van der Waals surface area contributed by atoms with Crippen molar-refractivity contribution in [2.75, 3.05) is 18.0 Å². The number of anilines is 1. The lowest BCUT2D eigenvalue weighted by Crippen LogP contribution is -2.29. The van der Waals surface area contributed by atoms with Gasteiger partial charge in [-0.25, -0.2) is 14.4 Å². The highest BCUT2D eigenvalue weighted by Gasteiger charge is 2.39. The van der Waals surface area contributed by atoms with E-state index in [9.17, 15) is 9.18 Å². The number of carbonyl (C=O) groups is 1. The Morgan fingerprint density at radius 2 is 2.16 bits per heavy atom. The van der Waals surface area contributed by atoms with Gasteiger partial charge in [-0.1, -0.05) is 6.07 Å². The van der Waals surface area contributed by atoms with Crippen molar-refractivity contribution in [3.05, 3.63) is 48.3 Å². The molecule has 1 aliphatic heterocycles. The maximum absolute atomic E-state index is 14.4. The van der Waals surface area contributed by atoms with E-state index in [1.54, 1.807) is 23.0 Å². The Bertz CT molecular complexity index is 950. The Labute approximate surface area is 143 Å². The second-order valence-electron chi connectivity index (χ2n) is 6.30. The molecule has 128 valence electrons. The van der Waals surface area contributed by atoms with Crippen molar-refractivity contribution in [3.63, 3.8) is 0 Å². The quantitative estimate of drug-likeness (QED) is 0.774. The summed E-state index contributed by atoms with van der Waals surface area (Å²) in [6, 6.07) is 4.74. The summed E-state index contributed by atoms with van der Waals surface area (Å²) in [7, 11) is 1.82. The molecular weight excluding hydrogens is 323 g/mol. The van der Waals surface area contributed by atoms with E-state index >= 15 is 0 Å². The molecule has 1 aliphatic rings. The lowest BCUT2D eigenvalue weighted by atomic mass is 9.90. The maximum Gasteiger partial charge on any atom is 0.223 e. The Morgan fingerprint density at radius 1 is 1.32 bits per heavy atom. The predicted octanol–water partition coefficient (Wildman–Crippen LogP) is 1.21. The second kappa shape index (κ2) is 5.80. The molecule has 0 spiro atoms. The molecule has 2 N–H and O–H groups in total. The highest BCUT2D eigenvalue weighted by Crippen LogP contribution is 2.37. The van der Waals surface area contributed by atoms with Crippen molar-refractivity contribution >= 4 is 22.6 Å². The smallest absolute Gasteiger partial charge is 0.223 e. The maximum atomic E-state index is 14.4. The fourth-order valence-corrected chi connectivity index (χ4v) is 3.53. The lowest BCUT2D eigenvalue weighted by molar-refractivity contribution is -0.121. The molecule has 0 bridgehead atoms. The number of nitrogens with zero attached hydrogens (tertiary/aromatic N) is 5. The molecule has 8 heteroatoms. The van der Waals surface area contributed by atoms with Crippen LogP contribution in [0.1, 0.15) is 11.5 Å². The molecule has 1 amide bonds. The van der Waals surface area contributed by atoms with Gasteiger partial charge in [-0.3, -0.25) is 9.48 Å². The van der Waals surface area contributed by atoms with E-state index in [4.69, 9.17) is 5.73 Å². The summed E-state index contributed by atoms with van der Waals surface area (Å²) in [4.78, 5) is 22.3. The molecule has 0 radical (unpaired) electrons. The number of aryl methyl sites for hydroxylation is 1. The average Bonchev–Trinajstić information content (AvgIpc) is 3.21. The van der Waals surface area contributed by atoms with E-state index in [0.29, 0.717) is 29.8 Å². The predicted molar refractivity (Wildman–Crippen MR) is 90.3 cm³/mol.